The van der Waals surface area contributed by atoms with Gasteiger partial charge in [-0.05, 0) is 49.6 Å². The number of benzene rings is 1. The van der Waals surface area contributed by atoms with Gasteiger partial charge in [-0.25, -0.2) is 0 Å². The Hall–Kier alpha value is -2.14. The van der Waals surface area contributed by atoms with Crippen molar-refractivity contribution in [3.8, 4) is 0 Å². The lowest BCUT2D eigenvalue weighted by molar-refractivity contribution is -0.138. The summed E-state index contributed by atoms with van der Waals surface area (Å²) in [5.74, 6) is 0.217. The van der Waals surface area contributed by atoms with E-state index in [-0.39, 0.29) is 17.7 Å². The molecule has 4 nitrogen and oxygen atoms in total. The van der Waals surface area contributed by atoms with E-state index < -0.39 is 0 Å². The molecule has 1 aliphatic carbocycles. The summed E-state index contributed by atoms with van der Waals surface area (Å²) in [7, 11) is 0. The van der Waals surface area contributed by atoms with E-state index in [1.807, 2.05) is 22.4 Å². The van der Waals surface area contributed by atoms with Crippen molar-refractivity contribution < 1.29 is 9.59 Å². The van der Waals surface area contributed by atoms with Gasteiger partial charge in [0.05, 0.1) is 10.8 Å². The van der Waals surface area contributed by atoms with Gasteiger partial charge in [0.25, 0.3) is 5.91 Å². The lowest BCUT2D eigenvalue weighted by Gasteiger charge is -2.35. The molecule has 1 saturated heterocycles. The standard InChI is InChI=1S/C22H26N2O2S/c1-16-6-8-17(9-7-16)14-24(19-10-11-19)21(25)18-4-2-12-23(15-18)22(26)20-5-3-13-27-20/h3,5-9,13,18-19H,2,4,10-12,14-15H2,1H3. The van der Waals surface area contributed by atoms with Crippen molar-refractivity contribution in [1.82, 2.24) is 9.80 Å². The first-order valence-corrected chi connectivity index (χ1v) is 10.7. The van der Waals surface area contributed by atoms with Crippen LogP contribution in [0.1, 0.15) is 46.5 Å². The molecule has 2 aliphatic rings. The van der Waals surface area contributed by atoms with Crippen LogP contribution < -0.4 is 0 Å². The van der Waals surface area contributed by atoms with Crippen LogP contribution in [-0.4, -0.2) is 40.7 Å². The maximum absolute atomic E-state index is 13.3. The van der Waals surface area contributed by atoms with Crippen LogP contribution >= 0.6 is 11.3 Å². The van der Waals surface area contributed by atoms with Gasteiger partial charge in [-0.2, -0.15) is 0 Å². The molecule has 2 heterocycles. The maximum atomic E-state index is 13.3. The van der Waals surface area contributed by atoms with E-state index in [1.165, 1.54) is 22.5 Å². The van der Waals surface area contributed by atoms with Crippen molar-refractivity contribution in [3.63, 3.8) is 0 Å². The number of thiophene rings is 1. The lowest BCUT2D eigenvalue weighted by atomic mass is 9.96. The van der Waals surface area contributed by atoms with E-state index >= 15 is 0 Å². The van der Waals surface area contributed by atoms with Gasteiger partial charge in [0.1, 0.15) is 0 Å². The number of likely N-dealkylation sites (tertiary alicyclic amines) is 1. The minimum Gasteiger partial charge on any atom is -0.337 e. The topological polar surface area (TPSA) is 40.6 Å². The molecule has 2 aromatic rings. The predicted molar refractivity (Wildman–Crippen MR) is 108 cm³/mol. The van der Waals surface area contributed by atoms with Crippen LogP contribution in [0.3, 0.4) is 0 Å². The van der Waals surface area contributed by atoms with Gasteiger partial charge in [0.2, 0.25) is 5.91 Å². The highest BCUT2D eigenvalue weighted by molar-refractivity contribution is 7.12. The van der Waals surface area contributed by atoms with Gasteiger partial charge in [-0.15, -0.1) is 11.3 Å². The third-order valence-corrected chi connectivity index (χ3v) is 6.39. The second-order valence-electron chi connectivity index (χ2n) is 7.75. The van der Waals surface area contributed by atoms with Crippen molar-refractivity contribution in [1.29, 1.82) is 0 Å². The molecule has 27 heavy (non-hydrogen) atoms. The molecule has 1 aromatic carbocycles. The third-order valence-electron chi connectivity index (χ3n) is 5.53. The summed E-state index contributed by atoms with van der Waals surface area (Å²) in [6, 6.07) is 12.6. The number of rotatable bonds is 5. The predicted octanol–water partition coefficient (Wildman–Crippen LogP) is 4.10. The molecular weight excluding hydrogens is 356 g/mol. The molecule has 1 saturated carbocycles. The Labute approximate surface area is 164 Å². The van der Waals surface area contributed by atoms with Gasteiger partial charge < -0.3 is 9.80 Å². The smallest absolute Gasteiger partial charge is 0.263 e. The Morgan fingerprint density at radius 3 is 2.59 bits per heavy atom. The Bertz CT molecular complexity index is 796. The SMILES string of the molecule is Cc1ccc(CN(C(=O)C2CCCN(C(=O)c3cccs3)C2)C2CC2)cc1. The normalized spacial score (nSPS) is 19.7. The zero-order valence-corrected chi connectivity index (χ0v) is 16.6. The highest BCUT2D eigenvalue weighted by Gasteiger charge is 2.38. The number of carbonyl (C=O) groups excluding carboxylic acids is 2. The van der Waals surface area contributed by atoms with Crippen molar-refractivity contribution in [3.05, 3.63) is 57.8 Å². The Morgan fingerprint density at radius 2 is 1.93 bits per heavy atom. The Balaban J connectivity index is 1.44. The number of carbonyl (C=O) groups is 2. The largest absolute Gasteiger partial charge is 0.337 e. The zero-order chi connectivity index (χ0) is 18.8. The number of aryl methyl sites for hydroxylation is 1. The van der Waals surface area contributed by atoms with E-state index in [1.54, 1.807) is 0 Å². The van der Waals surface area contributed by atoms with Crippen molar-refractivity contribution >= 4 is 23.2 Å². The average Bonchev–Trinajstić information content (AvgIpc) is 3.39. The molecule has 0 N–H and O–H groups in total. The van der Waals surface area contributed by atoms with Crippen LogP contribution in [0.4, 0.5) is 0 Å². The molecular formula is C22H26N2O2S. The summed E-state index contributed by atoms with van der Waals surface area (Å²) >= 11 is 1.47. The lowest BCUT2D eigenvalue weighted by Crippen LogP contribution is -2.47. The van der Waals surface area contributed by atoms with Gasteiger partial charge in [-0.3, -0.25) is 9.59 Å². The molecule has 2 amide bonds. The minimum absolute atomic E-state index is 0.0685. The fraction of sp³-hybridized carbons (Fsp3) is 0.455. The van der Waals surface area contributed by atoms with Crippen LogP contribution in [-0.2, 0) is 11.3 Å². The van der Waals surface area contributed by atoms with Crippen molar-refractivity contribution in [2.75, 3.05) is 13.1 Å². The molecule has 5 heteroatoms. The molecule has 0 radical (unpaired) electrons. The average molecular weight is 383 g/mol. The number of nitrogens with zero attached hydrogens (tertiary/aromatic N) is 2. The van der Waals surface area contributed by atoms with E-state index in [0.29, 0.717) is 19.1 Å². The first kappa shape index (κ1) is 18.2. The summed E-state index contributed by atoms with van der Waals surface area (Å²) in [6.45, 7) is 4.06. The molecule has 1 aliphatic heterocycles. The number of hydrogen-bond acceptors (Lipinski definition) is 3. The molecule has 1 unspecified atom stereocenters. The molecule has 4 rings (SSSR count). The van der Waals surface area contributed by atoms with E-state index in [0.717, 1.165) is 37.1 Å². The van der Waals surface area contributed by atoms with E-state index in [2.05, 4.69) is 36.1 Å². The van der Waals surface area contributed by atoms with Gasteiger partial charge in [-0.1, -0.05) is 35.9 Å². The summed E-state index contributed by atoms with van der Waals surface area (Å²) in [4.78, 5) is 30.7. The molecule has 0 bridgehead atoms. The number of amides is 2. The second kappa shape index (κ2) is 7.85. The van der Waals surface area contributed by atoms with Gasteiger partial charge >= 0.3 is 0 Å². The monoisotopic (exact) mass is 382 g/mol. The van der Waals surface area contributed by atoms with Crippen LogP contribution in [0.2, 0.25) is 0 Å². The number of hydrogen-bond donors (Lipinski definition) is 0. The molecule has 0 spiro atoms. The minimum atomic E-state index is -0.0753. The van der Waals surface area contributed by atoms with Crippen molar-refractivity contribution in [2.45, 2.75) is 45.2 Å². The summed E-state index contributed by atoms with van der Waals surface area (Å²) in [5, 5.41) is 1.93. The highest BCUT2D eigenvalue weighted by atomic mass is 32.1. The van der Waals surface area contributed by atoms with Crippen molar-refractivity contribution in [2.24, 2.45) is 5.92 Å². The molecule has 1 atom stereocenters. The fourth-order valence-electron chi connectivity index (χ4n) is 3.82. The summed E-state index contributed by atoms with van der Waals surface area (Å²) < 4.78 is 0. The summed E-state index contributed by atoms with van der Waals surface area (Å²) in [6.07, 6.45) is 3.98. The summed E-state index contributed by atoms with van der Waals surface area (Å²) in [5.41, 5.74) is 2.42. The first-order chi connectivity index (χ1) is 13.1. The fourth-order valence-corrected chi connectivity index (χ4v) is 4.51. The van der Waals surface area contributed by atoms with Crippen LogP contribution in [0.25, 0.3) is 0 Å². The van der Waals surface area contributed by atoms with Crippen LogP contribution in [0.15, 0.2) is 41.8 Å². The quantitative estimate of drug-likeness (QED) is 0.781. The van der Waals surface area contributed by atoms with Gasteiger partial charge in [0.15, 0.2) is 0 Å². The van der Waals surface area contributed by atoms with E-state index in [9.17, 15) is 9.59 Å². The zero-order valence-electron chi connectivity index (χ0n) is 15.8. The number of piperidine rings is 1. The highest BCUT2D eigenvalue weighted by Crippen LogP contribution is 2.32. The van der Waals surface area contributed by atoms with Crippen LogP contribution in [0.5, 0.6) is 0 Å². The molecule has 142 valence electrons. The molecule has 1 aromatic heterocycles. The second-order valence-corrected chi connectivity index (χ2v) is 8.70. The van der Waals surface area contributed by atoms with Gasteiger partial charge in [0, 0.05) is 25.7 Å². The maximum Gasteiger partial charge on any atom is 0.263 e. The van der Waals surface area contributed by atoms with Crippen LogP contribution in [0, 0.1) is 12.8 Å². The first-order valence-electron chi connectivity index (χ1n) is 9.80. The third kappa shape index (κ3) is 4.24. The molecule has 2 fully saturated rings. The van der Waals surface area contributed by atoms with E-state index in [4.69, 9.17) is 0 Å². The Morgan fingerprint density at radius 1 is 1.15 bits per heavy atom. The Kier molecular flexibility index (Phi) is 5.30.